The Kier molecular flexibility index (Phi) is 6.96. The van der Waals surface area contributed by atoms with E-state index in [1.165, 1.54) is 0 Å². The van der Waals surface area contributed by atoms with Crippen molar-refractivity contribution in [2.75, 3.05) is 0 Å². The lowest BCUT2D eigenvalue weighted by molar-refractivity contribution is -0.129. The van der Waals surface area contributed by atoms with Crippen LogP contribution < -0.4 is 4.74 Å². The van der Waals surface area contributed by atoms with Gasteiger partial charge in [-0.15, -0.1) is 0 Å². The number of ether oxygens (including phenoxy) is 2. The van der Waals surface area contributed by atoms with Gasteiger partial charge in [-0.1, -0.05) is 51.8 Å². The summed E-state index contributed by atoms with van der Waals surface area (Å²) < 4.78 is 13.6. The van der Waals surface area contributed by atoms with E-state index in [0.717, 1.165) is 30.1 Å². The molecule has 0 radical (unpaired) electrons. The molecule has 0 bridgehead atoms. The zero-order valence-corrected chi connectivity index (χ0v) is 21.3. The lowest BCUT2D eigenvalue weighted by atomic mass is 10.2. The molecule has 31 heavy (non-hydrogen) atoms. The number of cyclic esters (lactones) is 1. The summed E-state index contributed by atoms with van der Waals surface area (Å²) in [5.41, 5.74) is 2.59. The van der Waals surface area contributed by atoms with Gasteiger partial charge in [-0.05, 0) is 79.9 Å². The second-order valence-corrected chi connectivity index (χ2v) is 9.57. The fraction of sp³-hybridized carbons (Fsp3) is 0.0435. The van der Waals surface area contributed by atoms with Crippen molar-refractivity contribution in [2.45, 2.75) is 6.61 Å². The van der Waals surface area contributed by atoms with Crippen LogP contribution in [-0.4, -0.2) is 11.9 Å². The predicted octanol–water partition coefficient (Wildman–Crippen LogP) is 7.55. The molecule has 1 aliphatic rings. The highest BCUT2D eigenvalue weighted by Gasteiger charge is 2.24. The SMILES string of the molecule is O=C1OC(c2cccc(Br)c2)=N/C1=C\c1cc(Br)c(OCc2ccccc2Cl)c(Br)c1. The van der Waals surface area contributed by atoms with Crippen molar-refractivity contribution in [3.05, 3.63) is 101 Å². The summed E-state index contributed by atoms with van der Waals surface area (Å²) in [6.45, 7) is 0.323. The molecule has 4 nitrogen and oxygen atoms in total. The summed E-state index contributed by atoms with van der Waals surface area (Å²) in [6.07, 6.45) is 1.67. The van der Waals surface area contributed by atoms with Gasteiger partial charge in [-0.25, -0.2) is 9.79 Å². The number of nitrogens with zero attached hydrogens (tertiary/aromatic N) is 1. The van der Waals surface area contributed by atoms with Gasteiger partial charge in [-0.3, -0.25) is 0 Å². The highest BCUT2D eigenvalue weighted by atomic mass is 79.9. The standard InChI is InChI=1S/C23H13Br3ClNO3/c24-16-6-3-5-14(11-16)22-28-20(23(29)31-22)10-13-8-17(25)21(18(26)9-13)30-12-15-4-1-2-7-19(15)27/h1-11H,12H2/b20-10-. The van der Waals surface area contributed by atoms with Crippen LogP contribution >= 0.6 is 59.4 Å². The van der Waals surface area contributed by atoms with Crippen molar-refractivity contribution in [3.63, 3.8) is 0 Å². The molecule has 0 aliphatic carbocycles. The lowest BCUT2D eigenvalue weighted by Crippen LogP contribution is -2.05. The lowest BCUT2D eigenvalue weighted by Gasteiger charge is -2.12. The van der Waals surface area contributed by atoms with E-state index in [9.17, 15) is 4.79 Å². The Hall–Kier alpha value is -1.93. The van der Waals surface area contributed by atoms with Crippen molar-refractivity contribution in [2.24, 2.45) is 4.99 Å². The van der Waals surface area contributed by atoms with E-state index in [2.05, 4.69) is 52.8 Å². The number of carbonyl (C=O) groups is 1. The van der Waals surface area contributed by atoms with Crippen LogP contribution in [-0.2, 0) is 16.1 Å². The largest absolute Gasteiger partial charge is 0.486 e. The first-order valence-electron chi connectivity index (χ1n) is 9.04. The zero-order valence-electron chi connectivity index (χ0n) is 15.7. The number of carbonyl (C=O) groups excluding carboxylic acids is 1. The molecule has 0 amide bonds. The Labute approximate surface area is 209 Å². The summed E-state index contributed by atoms with van der Waals surface area (Å²) in [5, 5.41) is 0.648. The van der Waals surface area contributed by atoms with Gasteiger partial charge >= 0.3 is 5.97 Å². The third-order valence-corrected chi connectivity index (χ3v) is 6.39. The molecule has 8 heteroatoms. The van der Waals surface area contributed by atoms with Crippen LogP contribution in [0, 0.1) is 0 Å². The molecule has 0 saturated carbocycles. The van der Waals surface area contributed by atoms with Crippen LogP contribution in [0.25, 0.3) is 6.08 Å². The monoisotopic (exact) mass is 623 g/mol. The number of halogens is 4. The minimum atomic E-state index is -0.499. The smallest absolute Gasteiger partial charge is 0.363 e. The highest BCUT2D eigenvalue weighted by molar-refractivity contribution is 9.11. The molecule has 0 fully saturated rings. The molecule has 0 N–H and O–H groups in total. The van der Waals surface area contributed by atoms with Gasteiger partial charge in [0.1, 0.15) is 12.4 Å². The van der Waals surface area contributed by atoms with E-state index < -0.39 is 5.97 Å². The van der Waals surface area contributed by atoms with E-state index in [1.54, 1.807) is 6.08 Å². The van der Waals surface area contributed by atoms with Gasteiger partial charge in [0.2, 0.25) is 5.90 Å². The highest BCUT2D eigenvalue weighted by Crippen LogP contribution is 2.36. The molecule has 0 unspecified atom stereocenters. The maximum Gasteiger partial charge on any atom is 0.363 e. The molecule has 0 saturated heterocycles. The predicted molar refractivity (Wildman–Crippen MR) is 132 cm³/mol. The van der Waals surface area contributed by atoms with E-state index in [1.807, 2.05) is 60.7 Å². The maximum absolute atomic E-state index is 12.3. The number of hydrogen-bond acceptors (Lipinski definition) is 4. The molecule has 0 aromatic heterocycles. The van der Waals surface area contributed by atoms with Crippen LogP contribution in [0.15, 0.2) is 84.8 Å². The number of benzene rings is 3. The molecule has 0 spiro atoms. The third-order valence-electron chi connectivity index (χ3n) is 4.35. The molecule has 3 aromatic rings. The van der Waals surface area contributed by atoms with Crippen molar-refractivity contribution in [3.8, 4) is 5.75 Å². The zero-order chi connectivity index (χ0) is 22.0. The molecular formula is C23H13Br3ClNO3. The summed E-state index contributed by atoms with van der Waals surface area (Å²) in [6, 6.07) is 18.6. The van der Waals surface area contributed by atoms with Gasteiger partial charge in [0.15, 0.2) is 5.70 Å². The van der Waals surface area contributed by atoms with E-state index in [0.29, 0.717) is 17.4 Å². The Morgan fingerprint density at radius 2 is 1.74 bits per heavy atom. The first kappa shape index (κ1) is 22.3. The second kappa shape index (κ2) is 9.69. The first-order chi connectivity index (χ1) is 14.9. The molecule has 3 aromatic carbocycles. The normalized spacial score (nSPS) is 14.5. The molecule has 0 atom stereocenters. The Morgan fingerprint density at radius 1 is 1.00 bits per heavy atom. The van der Waals surface area contributed by atoms with Crippen LogP contribution in [0.2, 0.25) is 5.02 Å². The molecular weight excluding hydrogens is 613 g/mol. The van der Waals surface area contributed by atoms with Crippen molar-refractivity contribution < 1.29 is 14.3 Å². The minimum Gasteiger partial charge on any atom is -0.486 e. The fourth-order valence-corrected chi connectivity index (χ4v) is 4.92. The number of hydrogen-bond donors (Lipinski definition) is 0. The van der Waals surface area contributed by atoms with Crippen LogP contribution in [0.5, 0.6) is 5.75 Å². The van der Waals surface area contributed by atoms with Crippen molar-refractivity contribution >= 4 is 77.3 Å². The van der Waals surface area contributed by atoms with Gasteiger partial charge < -0.3 is 9.47 Å². The minimum absolute atomic E-state index is 0.221. The molecule has 156 valence electrons. The molecule has 1 heterocycles. The molecule has 1 aliphatic heterocycles. The quantitative estimate of drug-likeness (QED) is 0.217. The van der Waals surface area contributed by atoms with Gasteiger partial charge in [0, 0.05) is 20.6 Å². The first-order valence-corrected chi connectivity index (χ1v) is 11.8. The van der Waals surface area contributed by atoms with Crippen LogP contribution in [0.1, 0.15) is 16.7 Å². The number of aliphatic imine (C=N–C) groups is 1. The van der Waals surface area contributed by atoms with Crippen molar-refractivity contribution in [1.82, 2.24) is 0 Å². The second-order valence-electron chi connectivity index (χ2n) is 6.54. The van der Waals surface area contributed by atoms with Gasteiger partial charge in [0.05, 0.1) is 8.95 Å². The van der Waals surface area contributed by atoms with Crippen LogP contribution in [0.4, 0.5) is 0 Å². The van der Waals surface area contributed by atoms with Gasteiger partial charge in [-0.2, -0.15) is 0 Å². The number of esters is 1. The maximum atomic E-state index is 12.3. The Bertz CT molecular complexity index is 1220. The van der Waals surface area contributed by atoms with E-state index in [4.69, 9.17) is 21.1 Å². The summed E-state index contributed by atoms with van der Waals surface area (Å²) in [5.74, 6) is 0.408. The number of rotatable bonds is 5. The van der Waals surface area contributed by atoms with Crippen LogP contribution in [0.3, 0.4) is 0 Å². The average molecular weight is 627 g/mol. The summed E-state index contributed by atoms with van der Waals surface area (Å²) in [7, 11) is 0. The fourth-order valence-electron chi connectivity index (χ4n) is 2.88. The van der Waals surface area contributed by atoms with Gasteiger partial charge in [0.25, 0.3) is 0 Å². The topological polar surface area (TPSA) is 47.9 Å². The van der Waals surface area contributed by atoms with Crippen molar-refractivity contribution in [1.29, 1.82) is 0 Å². The summed E-state index contributed by atoms with van der Waals surface area (Å²) in [4.78, 5) is 16.6. The van der Waals surface area contributed by atoms with E-state index >= 15 is 0 Å². The average Bonchev–Trinajstić information content (AvgIpc) is 3.09. The Balaban J connectivity index is 1.57. The summed E-state index contributed by atoms with van der Waals surface area (Å²) >= 11 is 16.7. The Morgan fingerprint density at radius 3 is 2.45 bits per heavy atom. The third kappa shape index (κ3) is 5.29. The van der Waals surface area contributed by atoms with E-state index in [-0.39, 0.29) is 11.6 Å². The molecule has 4 rings (SSSR count).